The third-order valence-electron chi connectivity index (χ3n) is 2.17. The number of nitrogens with zero attached hydrogens (tertiary/aromatic N) is 3. The van der Waals surface area contributed by atoms with Crippen LogP contribution in [-0.2, 0) is 0 Å². The third kappa shape index (κ3) is 2.06. The normalized spacial score (nSPS) is 14.1. The summed E-state index contributed by atoms with van der Waals surface area (Å²) in [6.45, 7) is 8.37. The van der Waals surface area contributed by atoms with Crippen LogP contribution in [0.2, 0.25) is 0 Å². The van der Waals surface area contributed by atoms with Crippen molar-refractivity contribution in [2.75, 3.05) is 0 Å². The van der Waals surface area contributed by atoms with E-state index in [9.17, 15) is 0 Å². The Balaban J connectivity index is 2.93. The van der Waals surface area contributed by atoms with Gasteiger partial charge in [0, 0.05) is 6.04 Å². The first-order valence-corrected chi connectivity index (χ1v) is 4.69. The zero-order valence-electron chi connectivity index (χ0n) is 8.73. The van der Waals surface area contributed by atoms with Crippen molar-refractivity contribution in [2.45, 2.75) is 39.8 Å². The molecule has 0 aliphatic heterocycles. The molecule has 0 saturated carbocycles. The molecule has 4 heteroatoms. The molecule has 1 heterocycles. The molecule has 1 rings (SSSR count). The first kappa shape index (κ1) is 10.2. The van der Waals surface area contributed by atoms with Gasteiger partial charge in [0.2, 0.25) is 0 Å². The topological polar surface area (TPSA) is 56.7 Å². The van der Waals surface area contributed by atoms with Crippen molar-refractivity contribution in [2.24, 2.45) is 11.7 Å². The van der Waals surface area contributed by atoms with Gasteiger partial charge < -0.3 is 10.3 Å². The molecule has 0 spiro atoms. The summed E-state index contributed by atoms with van der Waals surface area (Å²) in [6.07, 6.45) is 1.74. The molecule has 0 aliphatic carbocycles. The van der Waals surface area contributed by atoms with Crippen LogP contribution in [0, 0.1) is 5.92 Å². The fraction of sp³-hybridized carbons (Fsp3) is 0.778. The van der Waals surface area contributed by atoms with E-state index in [1.807, 2.05) is 4.57 Å². The Morgan fingerprint density at radius 3 is 2.38 bits per heavy atom. The highest BCUT2D eigenvalue weighted by molar-refractivity contribution is 4.96. The van der Waals surface area contributed by atoms with Crippen molar-refractivity contribution in [3.05, 3.63) is 12.2 Å². The Hall–Kier alpha value is -0.900. The molecule has 1 aromatic heterocycles. The van der Waals surface area contributed by atoms with Crippen molar-refractivity contribution in [3.8, 4) is 0 Å². The molecule has 4 nitrogen and oxygen atoms in total. The zero-order valence-corrected chi connectivity index (χ0v) is 8.73. The fourth-order valence-electron chi connectivity index (χ4n) is 1.19. The summed E-state index contributed by atoms with van der Waals surface area (Å²) in [5, 5.41) is 7.93. The predicted molar refractivity (Wildman–Crippen MR) is 52.2 cm³/mol. The highest BCUT2D eigenvalue weighted by Gasteiger charge is 2.17. The average molecular weight is 182 g/mol. The maximum Gasteiger partial charge on any atom is 0.150 e. The van der Waals surface area contributed by atoms with E-state index >= 15 is 0 Å². The highest BCUT2D eigenvalue weighted by atomic mass is 15.3. The summed E-state index contributed by atoms with van der Waals surface area (Å²) in [7, 11) is 0. The minimum atomic E-state index is -0.0232. The van der Waals surface area contributed by atoms with Gasteiger partial charge in [-0.2, -0.15) is 0 Å². The van der Waals surface area contributed by atoms with E-state index in [0.29, 0.717) is 12.0 Å². The summed E-state index contributed by atoms with van der Waals surface area (Å²) in [5.41, 5.74) is 6.00. The zero-order chi connectivity index (χ0) is 10.0. The number of aromatic nitrogens is 3. The molecular formula is C9H18N4. The van der Waals surface area contributed by atoms with Crippen LogP contribution in [0.5, 0.6) is 0 Å². The largest absolute Gasteiger partial charge is 0.321 e. The summed E-state index contributed by atoms with van der Waals surface area (Å²) < 4.78 is 2.02. The van der Waals surface area contributed by atoms with Gasteiger partial charge in [0.25, 0.3) is 0 Å². The lowest BCUT2D eigenvalue weighted by atomic mass is 10.0. The lowest BCUT2D eigenvalue weighted by Crippen LogP contribution is -2.22. The molecule has 74 valence electrons. The molecule has 2 N–H and O–H groups in total. The molecule has 0 aromatic carbocycles. The number of hydrogen-bond donors (Lipinski definition) is 1. The minimum Gasteiger partial charge on any atom is -0.321 e. The van der Waals surface area contributed by atoms with Gasteiger partial charge in [-0.3, -0.25) is 0 Å². The van der Waals surface area contributed by atoms with Crippen LogP contribution >= 0.6 is 0 Å². The van der Waals surface area contributed by atoms with E-state index in [0.717, 1.165) is 5.82 Å². The minimum absolute atomic E-state index is 0.0232. The standard InChI is InChI=1S/C9H18N4/c1-6(2)8(10)9-12-11-5-13(9)7(3)4/h5-8H,10H2,1-4H3. The van der Waals surface area contributed by atoms with Gasteiger partial charge in [0.05, 0.1) is 6.04 Å². The Morgan fingerprint density at radius 1 is 1.31 bits per heavy atom. The van der Waals surface area contributed by atoms with Crippen LogP contribution in [0.1, 0.15) is 45.6 Å². The number of hydrogen-bond acceptors (Lipinski definition) is 3. The summed E-state index contributed by atoms with van der Waals surface area (Å²) >= 11 is 0. The van der Waals surface area contributed by atoms with Crippen LogP contribution in [0.15, 0.2) is 6.33 Å². The van der Waals surface area contributed by atoms with E-state index in [1.54, 1.807) is 6.33 Å². The SMILES string of the molecule is CC(C)C(N)c1nncn1C(C)C. The van der Waals surface area contributed by atoms with E-state index in [4.69, 9.17) is 5.73 Å². The van der Waals surface area contributed by atoms with Gasteiger partial charge >= 0.3 is 0 Å². The van der Waals surface area contributed by atoms with Gasteiger partial charge in [-0.05, 0) is 19.8 Å². The van der Waals surface area contributed by atoms with E-state index in [2.05, 4.69) is 37.9 Å². The van der Waals surface area contributed by atoms with Crippen molar-refractivity contribution in [1.82, 2.24) is 14.8 Å². The van der Waals surface area contributed by atoms with Crippen molar-refractivity contribution < 1.29 is 0 Å². The van der Waals surface area contributed by atoms with Crippen LogP contribution in [0.25, 0.3) is 0 Å². The molecule has 13 heavy (non-hydrogen) atoms. The molecule has 0 radical (unpaired) electrons. The fourth-order valence-corrected chi connectivity index (χ4v) is 1.19. The van der Waals surface area contributed by atoms with Crippen LogP contribution in [-0.4, -0.2) is 14.8 Å². The van der Waals surface area contributed by atoms with Crippen molar-refractivity contribution >= 4 is 0 Å². The Bertz CT molecular complexity index is 264. The van der Waals surface area contributed by atoms with E-state index in [-0.39, 0.29) is 6.04 Å². The maximum absolute atomic E-state index is 6.00. The molecule has 1 aromatic rings. The molecule has 0 amide bonds. The van der Waals surface area contributed by atoms with Crippen LogP contribution in [0.4, 0.5) is 0 Å². The second kappa shape index (κ2) is 3.87. The van der Waals surface area contributed by atoms with Crippen LogP contribution < -0.4 is 5.73 Å². The summed E-state index contributed by atoms with van der Waals surface area (Å²) in [6, 6.07) is 0.347. The molecule has 1 atom stereocenters. The van der Waals surface area contributed by atoms with Crippen LogP contribution in [0.3, 0.4) is 0 Å². The highest BCUT2D eigenvalue weighted by Crippen LogP contribution is 2.18. The quantitative estimate of drug-likeness (QED) is 0.771. The van der Waals surface area contributed by atoms with E-state index < -0.39 is 0 Å². The van der Waals surface area contributed by atoms with Crippen molar-refractivity contribution in [3.63, 3.8) is 0 Å². The van der Waals surface area contributed by atoms with Gasteiger partial charge in [0.1, 0.15) is 12.2 Å². The lowest BCUT2D eigenvalue weighted by molar-refractivity contribution is 0.448. The second-order valence-corrected chi connectivity index (χ2v) is 3.96. The number of rotatable bonds is 3. The van der Waals surface area contributed by atoms with E-state index in [1.165, 1.54) is 0 Å². The average Bonchev–Trinajstić information content (AvgIpc) is 2.50. The molecule has 0 aliphatic rings. The van der Waals surface area contributed by atoms with Gasteiger partial charge in [0.15, 0.2) is 0 Å². The van der Waals surface area contributed by atoms with Gasteiger partial charge in [-0.15, -0.1) is 10.2 Å². The smallest absolute Gasteiger partial charge is 0.150 e. The monoisotopic (exact) mass is 182 g/mol. The van der Waals surface area contributed by atoms with Gasteiger partial charge in [-0.1, -0.05) is 13.8 Å². The molecule has 0 bridgehead atoms. The maximum atomic E-state index is 6.00. The molecule has 0 fully saturated rings. The summed E-state index contributed by atoms with van der Waals surface area (Å²) in [5.74, 6) is 1.27. The Morgan fingerprint density at radius 2 is 1.92 bits per heavy atom. The first-order valence-electron chi connectivity index (χ1n) is 4.69. The summed E-state index contributed by atoms with van der Waals surface area (Å²) in [4.78, 5) is 0. The molecule has 1 unspecified atom stereocenters. The second-order valence-electron chi connectivity index (χ2n) is 3.96. The lowest BCUT2D eigenvalue weighted by Gasteiger charge is -2.17. The molecular weight excluding hydrogens is 164 g/mol. The first-order chi connectivity index (χ1) is 6.04. The predicted octanol–water partition coefficient (Wildman–Crippen LogP) is 1.51. The van der Waals surface area contributed by atoms with Crippen molar-refractivity contribution in [1.29, 1.82) is 0 Å². The Kier molecular flexibility index (Phi) is 3.03. The number of nitrogens with two attached hydrogens (primary N) is 1. The Labute approximate surface area is 79.2 Å². The molecule has 0 saturated heterocycles. The van der Waals surface area contributed by atoms with Gasteiger partial charge in [-0.25, -0.2) is 0 Å². The third-order valence-corrected chi connectivity index (χ3v) is 2.17.